The molecule has 1 saturated heterocycles. The predicted molar refractivity (Wildman–Crippen MR) is 63.8 cm³/mol. The van der Waals surface area contributed by atoms with Crippen LogP contribution in [-0.4, -0.2) is 24.0 Å². The van der Waals surface area contributed by atoms with Crippen molar-refractivity contribution in [3.05, 3.63) is 24.2 Å². The summed E-state index contributed by atoms with van der Waals surface area (Å²) in [4.78, 5) is 11.9. The van der Waals surface area contributed by atoms with Crippen molar-refractivity contribution in [1.82, 2.24) is 10.6 Å². The van der Waals surface area contributed by atoms with E-state index in [1.54, 1.807) is 6.07 Å². The second-order valence-electron chi connectivity index (χ2n) is 5.24. The number of rotatable bonds is 2. The normalized spacial score (nSPS) is 26.5. The first kappa shape index (κ1) is 10.8. The molecule has 2 heterocycles. The van der Waals surface area contributed by atoms with E-state index in [4.69, 9.17) is 4.42 Å². The van der Waals surface area contributed by atoms with Crippen LogP contribution in [-0.2, 0) is 0 Å². The number of carbonyl (C=O) groups excluding carboxylic acids is 1. The van der Waals surface area contributed by atoms with Crippen molar-refractivity contribution in [2.75, 3.05) is 6.54 Å². The van der Waals surface area contributed by atoms with Crippen LogP contribution in [0.2, 0.25) is 0 Å². The summed E-state index contributed by atoms with van der Waals surface area (Å²) in [5, 5.41) is 6.71. The SMILES string of the molecule is O=C(NC1CCNC2(CCC2)C1)c1ccoc1. The van der Waals surface area contributed by atoms with Crippen LogP contribution in [0.3, 0.4) is 0 Å². The van der Waals surface area contributed by atoms with Gasteiger partial charge < -0.3 is 15.1 Å². The summed E-state index contributed by atoms with van der Waals surface area (Å²) in [5.41, 5.74) is 0.943. The van der Waals surface area contributed by atoms with Crippen LogP contribution in [0, 0.1) is 0 Å². The van der Waals surface area contributed by atoms with Crippen LogP contribution in [0.15, 0.2) is 23.0 Å². The van der Waals surface area contributed by atoms with Gasteiger partial charge in [0.05, 0.1) is 11.8 Å². The van der Waals surface area contributed by atoms with Crippen LogP contribution in [0.5, 0.6) is 0 Å². The van der Waals surface area contributed by atoms with E-state index in [2.05, 4.69) is 10.6 Å². The molecule has 1 aliphatic carbocycles. The van der Waals surface area contributed by atoms with E-state index in [0.717, 1.165) is 19.4 Å². The Labute approximate surface area is 101 Å². The molecule has 1 aromatic heterocycles. The van der Waals surface area contributed by atoms with E-state index in [9.17, 15) is 4.79 Å². The highest BCUT2D eigenvalue weighted by Crippen LogP contribution is 2.38. The Morgan fingerprint density at radius 2 is 2.41 bits per heavy atom. The van der Waals surface area contributed by atoms with Gasteiger partial charge in [-0.2, -0.15) is 0 Å². The minimum absolute atomic E-state index is 0.0138. The summed E-state index contributed by atoms with van der Waals surface area (Å²) in [7, 11) is 0. The Bertz CT molecular complexity index is 396. The first-order valence-electron chi connectivity index (χ1n) is 6.36. The van der Waals surface area contributed by atoms with Gasteiger partial charge in [0.25, 0.3) is 5.91 Å². The lowest BCUT2D eigenvalue weighted by Crippen LogP contribution is -2.59. The molecule has 3 rings (SSSR count). The maximum atomic E-state index is 11.9. The zero-order valence-electron chi connectivity index (χ0n) is 9.87. The van der Waals surface area contributed by atoms with Gasteiger partial charge in [-0.25, -0.2) is 0 Å². The van der Waals surface area contributed by atoms with Crippen LogP contribution in [0.25, 0.3) is 0 Å². The molecule has 1 amide bonds. The second-order valence-corrected chi connectivity index (χ2v) is 5.24. The molecule has 17 heavy (non-hydrogen) atoms. The molecule has 0 aromatic carbocycles. The monoisotopic (exact) mass is 234 g/mol. The van der Waals surface area contributed by atoms with E-state index < -0.39 is 0 Å². The van der Waals surface area contributed by atoms with E-state index in [1.165, 1.54) is 31.8 Å². The molecule has 2 fully saturated rings. The fraction of sp³-hybridized carbons (Fsp3) is 0.615. The highest BCUT2D eigenvalue weighted by Gasteiger charge is 2.41. The van der Waals surface area contributed by atoms with Crippen molar-refractivity contribution >= 4 is 5.91 Å². The lowest BCUT2D eigenvalue weighted by atomic mass is 9.70. The van der Waals surface area contributed by atoms with Gasteiger partial charge in [0, 0.05) is 11.6 Å². The molecule has 4 nitrogen and oxygen atoms in total. The third kappa shape index (κ3) is 2.09. The first-order chi connectivity index (χ1) is 8.27. The summed E-state index contributed by atoms with van der Waals surface area (Å²) in [5.74, 6) is -0.0138. The van der Waals surface area contributed by atoms with E-state index in [0.29, 0.717) is 17.1 Å². The highest BCUT2D eigenvalue weighted by atomic mass is 16.3. The largest absolute Gasteiger partial charge is 0.472 e. The Hall–Kier alpha value is -1.29. The second kappa shape index (κ2) is 4.18. The third-order valence-electron chi connectivity index (χ3n) is 4.06. The summed E-state index contributed by atoms with van der Waals surface area (Å²) < 4.78 is 4.92. The van der Waals surface area contributed by atoms with Gasteiger partial charge in [0.1, 0.15) is 6.26 Å². The number of hydrogen-bond donors (Lipinski definition) is 2. The number of carbonyl (C=O) groups is 1. The quantitative estimate of drug-likeness (QED) is 0.818. The molecule has 2 aliphatic rings. The highest BCUT2D eigenvalue weighted by molar-refractivity contribution is 5.93. The maximum Gasteiger partial charge on any atom is 0.254 e. The zero-order chi connectivity index (χ0) is 11.7. The third-order valence-corrected chi connectivity index (χ3v) is 4.06. The fourth-order valence-electron chi connectivity index (χ4n) is 2.93. The topological polar surface area (TPSA) is 54.3 Å². The van der Waals surface area contributed by atoms with E-state index >= 15 is 0 Å². The summed E-state index contributed by atoms with van der Waals surface area (Å²) in [6.07, 6.45) is 8.94. The van der Waals surface area contributed by atoms with Crippen LogP contribution in [0.1, 0.15) is 42.5 Å². The van der Waals surface area contributed by atoms with Gasteiger partial charge in [0.15, 0.2) is 0 Å². The summed E-state index contributed by atoms with van der Waals surface area (Å²) in [6, 6.07) is 2.01. The van der Waals surface area contributed by atoms with Crippen molar-refractivity contribution in [3.8, 4) is 0 Å². The van der Waals surface area contributed by atoms with Crippen molar-refractivity contribution in [3.63, 3.8) is 0 Å². The van der Waals surface area contributed by atoms with Gasteiger partial charge in [-0.15, -0.1) is 0 Å². The van der Waals surface area contributed by atoms with Crippen molar-refractivity contribution in [1.29, 1.82) is 0 Å². The number of amides is 1. The van der Waals surface area contributed by atoms with Crippen LogP contribution >= 0.6 is 0 Å². The predicted octanol–water partition coefficient (Wildman–Crippen LogP) is 1.68. The molecule has 92 valence electrons. The van der Waals surface area contributed by atoms with Crippen LogP contribution in [0.4, 0.5) is 0 Å². The Balaban J connectivity index is 1.60. The van der Waals surface area contributed by atoms with Gasteiger partial charge >= 0.3 is 0 Å². The Morgan fingerprint density at radius 3 is 3.06 bits per heavy atom. The summed E-state index contributed by atoms with van der Waals surface area (Å²) in [6.45, 7) is 1.01. The lowest BCUT2D eigenvalue weighted by Gasteiger charge is -2.48. The smallest absolute Gasteiger partial charge is 0.254 e. The first-order valence-corrected chi connectivity index (χ1v) is 6.36. The average Bonchev–Trinajstić information content (AvgIpc) is 2.81. The van der Waals surface area contributed by atoms with Crippen LogP contribution < -0.4 is 10.6 Å². The van der Waals surface area contributed by atoms with Crippen molar-refractivity contribution in [2.24, 2.45) is 0 Å². The van der Waals surface area contributed by atoms with Crippen molar-refractivity contribution in [2.45, 2.75) is 43.7 Å². The number of furan rings is 1. The van der Waals surface area contributed by atoms with Gasteiger partial charge in [-0.05, 0) is 44.7 Å². The number of nitrogens with one attached hydrogen (secondary N) is 2. The number of hydrogen-bond acceptors (Lipinski definition) is 3. The zero-order valence-corrected chi connectivity index (χ0v) is 9.87. The maximum absolute atomic E-state index is 11.9. The Kier molecular flexibility index (Phi) is 2.67. The molecule has 0 bridgehead atoms. The van der Waals surface area contributed by atoms with Gasteiger partial charge in [-0.3, -0.25) is 4.79 Å². The molecule has 1 saturated carbocycles. The lowest BCUT2D eigenvalue weighted by molar-refractivity contribution is 0.0852. The minimum atomic E-state index is -0.0138. The van der Waals surface area contributed by atoms with E-state index in [-0.39, 0.29) is 5.91 Å². The van der Waals surface area contributed by atoms with Crippen molar-refractivity contribution < 1.29 is 9.21 Å². The molecule has 0 radical (unpaired) electrons. The Morgan fingerprint density at radius 1 is 1.53 bits per heavy atom. The molecule has 1 atom stereocenters. The standard InChI is InChI=1S/C13H18N2O2/c16-12(10-3-7-17-9-10)15-11-2-6-14-13(8-11)4-1-5-13/h3,7,9,11,14H,1-2,4-6,8H2,(H,15,16). The molecular formula is C13H18N2O2. The molecule has 4 heteroatoms. The average molecular weight is 234 g/mol. The summed E-state index contributed by atoms with van der Waals surface area (Å²) >= 11 is 0. The number of piperidine rings is 1. The molecule has 1 unspecified atom stereocenters. The molecule has 1 aromatic rings. The van der Waals surface area contributed by atoms with Gasteiger partial charge in [0.2, 0.25) is 0 Å². The molecule has 1 aliphatic heterocycles. The van der Waals surface area contributed by atoms with Gasteiger partial charge in [-0.1, -0.05) is 0 Å². The molecule has 1 spiro atoms. The minimum Gasteiger partial charge on any atom is -0.472 e. The fourth-order valence-corrected chi connectivity index (χ4v) is 2.93. The van der Waals surface area contributed by atoms with E-state index in [1.807, 2.05) is 0 Å². The molecular weight excluding hydrogens is 216 g/mol. The molecule has 2 N–H and O–H groups in total.